The van der Waals surface area contributed by atoms with Crippen molar-refractivity contribution in [3.63, 3.8) is 0 Å². The first-order valence-electron chi connectivity index (χ1n) is 16.7. The first kappa shape index (κ1) is 48.2. The second-order valence-electron chi connectivity index (χ2n) is 13.8. The number of carbonyl (C=O) groups is 2. The number of carbonyl (C=O) groups excluding carboxylic acids is 3. The van der Waals surface area contributed by atoms with Crippen LogP contribution in [0.2, 0.25) is 0 Å². The molecule has 1 aliphatic heterocycles. The number of methoxy groups -OCH3 is 1. The molecule has 0 bridgehead atoms. The molecule has 1 saturated carbocycles. The largest absolute Gasteiger partial charge is 0.540 e. The van der Waals surface area contributed by atoms with Gasteiger partial charge in [-0.3, -0.25) is 9.59 Å². The Morgan fingerprint density at radius 3 is 2.12 bits per heavy atom. The van der Waals surface area contributed by atoms with Crippen molar-refractivity contribution >= 4 is 29.9 Å². The number of unbranched alkanes of at least 4 members (excludes halogenated alkanes) is 1. The molecule has 1 radical (unpaired) electrons. The Bertz CT molecular complexity index is 1430. The summed E-state index contributed by atoms with van der Waals surface area (Å²) in [5.74, 6) is -1.98. The summed E-state index contributed by atoms with van der Waals surface area (Å²) in [4.78, 5) is 47.2. The van der Waals surface area contributed by atoms with Gasteiger partial charge in [0.05, 0.1) is 29.8 Å². The van der Waals surface area contributed by atoms with Gasteiger partial charge in [-0.25, -0.2) is 15.1 Å². The molecule has 9 nitrogen and oxygen atoms in total. The minimum Gasteiger partial charge on any atom is -0.540 e. The van der Waals surface area contributed by atoms with Crippen LogP contribution >= 0.6 is 0 Å². The predicted octanol–water partition coefficient (Wildman–Crippen LogP) is 6.64. The number of aliphatic hydroxyl groups excluding tert-OH is 1. The average Bonchev–Trinajstić information content (AvgIpc) is 3.64. The van der Waals surface area contributed by atoms with Crippen LogP contribution in [0.15, 0.2) is 23.0 Å². The van der Waals surface area contributed by atoms with Gasteiger partial charge >= 0.3 is 6.18 Å². The molecule has 1 amide bonds. The number of hydrogen-bond acceptors (Lipinski definition) is 7. The Labute approximate surface area is 309 Å². The number of hydrogen-bond donors (Lipinski definition) is 3. The number of likely N-dealkylation sites (N-methyl/N-ethyl adjacent to an activating group) is 1. The second kappa shape index (κ2) is 21.7. The molecule has 1 saturated heterocycles. The van der Waals surface area contributed by atoms with E-state index >= 15 is 0 Å². The zero-order valence-electron chi connectivity index (χ0n) is 30.7. The Morgan fingerprint density at radius 2 is 1.71 bits per heavy atom. The van der Waals surface area contributed by atoms with Gasteiger partial charge < -0.3 is 34.6 Å². The molecule has 5 atom stereocenters. The topological polar surface area (TPSA) is 129 Å². The Hall–Kier alpha value is -2.81. The van der Waals surface area contributed by atoms with Crippen LogP contribution in [0.3, 0.4) is 0 Å². The summed E-state index contributed by atoms with van der Waals surface area (Å²) in [5.41, 5.74) is -4.89. The van der Waals surface area contributed by atoms with Crippen molar-refractivity contribution in [2.75, 3.05) is 27.8 Å². The van der Waals surface area contributed by atoms with Crippen LogP contribution in [0.5, 0.6) is 5.75 Å². The average molecular weight is 770 g/mol. The van der Waals surface area contributed by atoms with E-state index in [1.165, 1.54) is 19.2 Å². The van der Waals surface area contributed by atoms with Gasteiger partial charge in [0.2, 0.25) is 6.41 Å². The third kappa shape index (κ3) is 14.3. The van der Waals surface area contributed by atoms with E-state index in [0.717, 1.165) is 51.7 Å². The zero-order valence-corrected chi connectivity index (χ0v) is 32.1. The van der Waals surface area contributed by atoms with Crippen molar-refractivity contribution < 1.29 is 64.7 Å². The van der Waals surface area contributed by atoms with Crippen molar-refractivity contribution in [3.8, 4) is 5.75 Å². The normalized spacial score (nSPS) is 20.5. The monoisotopic (exact) mass is 769 g/mol. The van der Waals surface area contributed by atoms with Gasteiger partial charge in [0.1, 0.15) is 12.0 Å². The number of ether oxygens (including phenoxy) is 1. The van der Waals surface area contributed by atoms with Crippen molar-refractivity contribution in [1.82, 2.24) is 15.2 Å². The molecule has 1 aliphatic carbocycles. The molecule has 1 aromatic heterocycles. The van der Waals surface area contributed by atoms with Gasteiger partial charge in [0, 0.05) is 43.5 Å². The van der Waals surface area contributed by atoms with Crippen LogP contribution in [-0.2, 0) is 45.0 Å². The molecule has 2 heterocycles. The molecule has 0 spiro atoms. The Morgan fingerprint density at radius 1 is 1.10 bits per heavy atom. The number of pyridine rings is 1. The number of H-pyrrole nitrogens is 1. The molecular formula is C36H53F5N3O6V-. The molecule has 1 aromatic carbocycles. The van der Waals surface area contributed by atoms with E-state index < -0.39 is 40.6 Å². The summed E-state index contributed by atoms with van der Waals surface area (Å²) >= 11 is 0. The standard InChI is InChI=1S/C20H22F5NO2.C8H14NO.C7H13NO2.CH4O.V/c1-11-9-12(11)5-3-4-8-19(21,22)17-16(20(23,24)25)14-7-6-13(28-2)10-15(14)26-18(17)27;1-3-7-4-5-9(2)8(7)6-10;1-7(2,3)6(4-9)8-5-10;1-2;/h6-7,10-12H,3-5,8-9H2,1-2H3,(H,26,27);7-8H,3-5H2,1-2H3;4-6H,1-3H3,(H,8,10);2H,1H3;/q;-1;;;/t;;6-;;/m..1../s1. The number of likely N-dealkylation sites (tertiary alicyclic amines) is 1. The number of aromatic nitrogens is 1. The Balaban J connectivity index is 0.000000894. The number of rotatable bonds is 12. The van der Waals surface area contributed by atoms with Crippen molar-refractivity contribution in [3.05, 3.63) is 39.7 Å². The van der Waals surface area contributed by atoms with E-state index in [1.54, 1.807) is 0 Å². The van der Waals surface area contributed by atoms with E-state index in [4.69, 9.17) is 9.84 Å². The number of aliphatic hydroxyl groups is 1. The summed E-state index contributed by atoms with van der Waals surface area (Å²) in [7, 11) is 4.31. The van der Waals surface area contributed by atoms with Crippen LogP contribution in [0.4, 0.5) is 22.0 Å². The fraction of sp³-hybridized carbons (Fsp3) is 0.667. The van der Waals surface area contributed by atoms with Gasteiger partial charge in [-0.1, -0.05) is 59.9 Å². The maximum Gasteiger partial charge on any atom is 0.417 e. The molecule has 4 rings (SSSR count). The molecule has 2 aliphatic rings. The summed E-state index contributed by atoms with van der Waals surface area (Å²) < 4.78 is 75.5. The number of benzene rings is 1. The van der Waals surface area contributed by atoms with E-state index in [0.29, 0.717) is 30.6 Å². The minimum absolute atomic E-state index is 0. The van der Waals surface area contributed by atoms with E-state index in [1.807, 2.05) is 27.8 Å². The number of fused-ring (bicyclic) bond motifs is 1. The second-order valence-corrected chi connectivity index (χ2v) is 13.8. The third-order valence-corrected chi connectivity index (χ3v) is 9.20. The van der Waals surface area contributed by atoms with Gasteiger partial charge in [-0.15, -0.1) is 0 Å². The van der Waals surface area contributed by atoms with Crippen LogP contribution in [0.25, 0.3) is 10.9 Å². The van der Waals surface area contributed by atoms with Crippen molar-refractivity contribution in [1.29, 1.82) is 0 Å². The summed E-state index contributed by atoms with van der Waals surface area (Å²) in [5, 5.41) is 8.95. The van der Waals surface area contributed by atoms with Crippen molar-refractivity contribution in [2.24, 2.45) is 23.2 Å². The number of aldehydes is 1. The maximum atomic E-state index is 14.8. The maximum absolute atomic E-state index is 14.8. The Kier molecular flexibility index (Phi) is 20.5. The number of aromatic amines is 1. The van der Waals surface area contributed by atoms with Crippen LogP contribution < -0.4 is 15.6 Å². The van der Waals surface area contributed by atoms with Gasteiger partial charge in [0.15, 0.2) is 0 Å². The number of nitrogens with one attached hydrogen (secondary N) is 2. The quantitative estimate of drug-likeness (QED) is 0.0956. The fourth-order valence-electron chi connectivity index (χ4n) is 5.93. The molecule has 3 N–H and O–H groups in total. The van der Waals surface area contributed by atoms with Crippen LogP contribution in [-0.4, -0.2) is 73.9 Å². The van der Waals surface area contributed by atoms with E-state index in [9.17, 15) is 41.1 Å². The molecule has 4 unspecified atom stereocenters. The van der Waals surface area contributed by atoms with Crippen molar-refractivity contribution in [2.45, 2.75) is 104 Å². The van der Waals surface area contributed by atoms with Gasteiger partial charge in [-0.2, -0.15) is 13.2 Å². The third-order valence-electron chi connectivity index (χ3n) is 9.20. The molecule has 2 fully saturated rings. The number of amides is 1. The van der Waals surface area contributed by atoms with E-state index in [-0.39, 0.29) is 53.7 Å². The van der Waals surface area contributed by atoms with Crippen LogP contribution in [0.1, 0.15) is 90.7 Å². The first-order valence-corrected chi connectivity index (χ1v) is 16.7. The molecule has 51 heavy (non-hydrogen) atoms. The number of halogens is 5. The number of alkyl halides is 5. The molecule has 2 aromatic rings. The molecular weight excluding hydrogens is 716 g/mol. The SMILES string of the molecule is CC(C)(C)[C@@H](C=O)NC=O.CCC1CCN(C)C1[C-]=O.CO.COc1ccc2c(C(F)(F)F)c(C(F)(F)CCCCC3CC3C)c(=O)[nH]c2c1.[V]. The smallest absolute Gasteiger partial charge is 0.417 e. The first-order chi connectivity index (χ1) is 23.4. The van der Waals surface area contributed by atoms with Gasteiger partial charge in [0.25, 0.3) is 11.5 Å². The summed E-state index contributed by atoms with van der Waals surface area (Å²) in [6.45, 7) is 10.9. The van der Waals surface area contributed by atoms with Gasteiger partial charge in [-0.05, 0) is 68.2 Å². The van der Waals surface area contributed by atoms with E-state index in [2.05, 4.69) is 35.3 Å². The minimum atomic E-state index is -5.09. The summed E-state index contributed by atoms with van der Waals surface area (Å²) in [6.07, 6.45) is 2.19. The fourth-order valence-corrected chi connectivity index (χ4v) is 5.93. The molecule has 15 heteroatoms. The summed E-state index contributed by atoms with van der Waals surface area (Å²) in [6, 6.07) is 3.16. The van der Waals surface area contributed by atoms with Crippen LogP contribution in [0, 0.1) is 23.2 Å². The number of nitrogens with zero attached hydrogens (tertiary/aromatic N) is 1. The molecule has 289 valence electrons. The predicted molar refractivity (Wildman–Crippen MR) is 183 cm³/mol. The zero-order chi connectivity index (χ0) is 38.4.